The fraction of sp³-hybridized carbons (Fsp3) is 0.273. The van der Waals surface area contributed by atoms with Gasteiger partial charge in [-0.2, -0.15) is 0 Å². The molecule has 106 valence electrons. The monoisotopic (exact) mass is 316 g/mol. The number of rotatable bonds is 2. The standard InChI is InChI=1S/C11H10Cl2N4O3/c1-6-8(12)3-2-7(9(6)13)10(18)16-5-4-14-11(16)15-17(19)20/h2-3H,4-5H2,1H3,(H,14,15). The van der Waals surface area contributed by atoms with E-state index in [0.717, 1.165) is 0 Å². The third kappa shape index (κ3) is 2.68. The van der Waals surface area contributed by atoms with Crippen LogP contribution in [0.5, 0.6) is 0 Å². The predicted molar refractivity (Wildman–Crippen MR) is 74.7 cm³/mol. The average molecular weight is 317 g/mol. The number of nitrogens with one attached hydrogen (secondary N) is 1. The largest absolute Gasteiger partial charge is 0.349 e. The molecule has 9 heteroatoms. The Labute approximate surface area is 124 Å². The summed E-state index contributed by atoms with van der Waals surface area (Å²) in [6.45, 7) is 2.36. The molecule has 0 bridgehead atoms. The molecule has 1 heterocycles. The Balaban J connectivity index is 2.37. The van der Waals surface area contributed by atoms with Crippen LogP contribution in [-0.4, -0.2) is 34.9 Å². The van der Waals surface area contributed by atoms with Crippen LogP contribution < -0.4 is 5.32 Å². The number of nitrogens with zero attached hydrogens (tertiary/aromatic N) is 3. The minimum atomic E-state index is -0.858. The van der Waals surface area contributed by atoms with Gasteiger partial charge in [-0.15, -0.1) is 0 Å². The van der Waals surface area contributed by atoms with Crippen molar-refractivity contribution >= 4 is 35.1 Å². The maximum atomic E-state index is 12.4. The molecule has 0 aromatic heterocycles. The second-order valence-corrected chi connectivity index (χ2v) is 4.86. The van der Waals surface area contributed by atoms with E-state index < -0.39 is 10.9 Å². The Hall–Kier alpha value is -1.86. The Morgan fingerprint density at radius 3 is 2.85 bits per heavy atom. The second kappa shape index (κ2) is 5.64. The van der Waals surface area contributed by atoms with Gasteiger partial charge in [0, 0.05) is 18.1 Å². The summed E-state index contributed by atoms with van der Waals surface area (Å²) in [5.41, 5.74) is 0.812. The fourth-order valence-corrected chi connectivity index (χ4v) is 2.27. The minimum absolute atomic E-state index is 0.0938. The Kier molecular flexibility index (Phi) is 4.10. The summed E-state index contributed by atoms with van der Waals surface area (Å²) in [6, 6.07) is 3.05. The molecule has 20 heavy (non-hydrogen) atoms. The smallest absolute Gasteiger partial charge is 0.278 e. The van der Waals surface area contributed by atoms with Crippen LogP contribution in [0.1, 0.15) is 15.9 Å². The molecule has 2 rings (SSSR count). The third-order valence-corrected chi connectivity index (χ3v) is 3.74. The minimum Gasteiger partial charge on any atom is -0.349 e. The van der Waals surface area contributed by atoms with Crippen molar-refractivity contribution in [3.05, 3.63) is 43.4 Å². The summed E-state index contributed by atoms with van der Waals surface area (Å²) in [5.74, 6) is -0.552. The highest BCUT2D eigenvalue weighted by atomic mass is 35.5. The van der Waals surface area contributed by atoms with Gasteiger partial charge >= 0.3 is 0 Å². The topological polar surface area (TPSA) is 87.8 Å². The lowest BCUT2D eigenvalue weighted by Crippen LogP contribution is -2.36. The normalized spacial score (nSPS) is 16.4. The number of hydrogen-bond donors (Lipinski definition) is 1. The van der Waals surface area contributed by atoms with Crippen LogP contribution in [0.2, 0.25) is 10.0 Å². The van der Waals surface area contributed by atoms with Crippen molar-refractivity contribution in [2.45, 2.75) is 6.92 Å². The van der Waals surface area contributed by atoms with Crippen molar-refractivity contribution < 1.29 is 9.83 Å². The van der Waals surface area contributed by atoms with Gasteiger partial charge in [-0.1, -0.05) is 23.2 Å². The number of carbonyl (C=O) groups excluding carboxylic acids is 1. The first-order chi connectivity index (χ1) is 9.41. The number of amides is 1. The molecule has 1 amide bonds. The summed E-state index contributed by atoms with van der Waals surface area (Å²) in [5, 5.41) is 16.1. The Morgan fingerprint density at radius 2 is 2.20 bits per heavy atom. The molecule has 0 unspecified atom stereocenters. The van der Waals surface area contributed by atoms with E-state index in [9.17, 15) is 14.9 Å². The van der Waals surface area contributed by atoms with Gasteiger partial charge < -0.3 is 5.32 Å². The van der Waals surface area contributed by atoms with E-state index in [1.54, 1.807) is 13.0 Å². The summed E-state index contributed by atoms with van der Waals surface area (Å²) in [4.78, 5) is 24.0. The molecule has 0 saturated carbocycles. The zero-order chi connectivity index (χ0) is 14.9. The first-order valence-electron chi connectivity index (χ1n) is 5.65. The predicted octanol–water partition coefficient (Wildman–Crippen LogP) is 1.89. The number of guanidine groups is 1. The molecule has 0 radical (unpaired) electrons. The number of hydrazone groups is 1. The van der Waals surface area contributed by atoms with Gasteiger partial charge in [0.05, 0.1) is 10.6 Å². The summed E-state index contributed by atoms with van der Waals surface area (Å²) in [6.07, 6.45) is 0. The Morgan fingerprint density at radius 1 is 1.50 bits per heavy atom. The van der Waals surface area contributed by atoms with E-state index in [2.05, 4.69) is 10.4 Å². The molecular formula is C11H10Cl2N4O3. The third-order valence-electron chi connectivity index (χ3n) is 2.85. The molecule has 0 atom stereocenters. The van der Waals surface area contributed by atoms with Crippen molar-refractivity contribution in [3.63, 3.8) is 0 Å². The quantitative estimate of drug-likeness (QED) is 0.666. The number of halogens is 2. The molecule has 0 aliphatic carbocycles. The maximum absolute atomic E-state index is 12.4. The van der Waals surface area contributed by atoms with Crippen molar-refractivity contribution in [2.75, 3.05) is 13.1 Å². The van der Waals surface area contributed by atoms with Crippen LogP contribution >= 0.6 is 23.2 Å². The van der Waals surface area contributed by atoms with Gasteiger partial charge in [0.25, 0.3) is 11.9 Å². The van der Waals surface area contributed by atoms with E-state index in [0.29, 0.717) is 17.1 Å². The lowest BCUT2D eigenvalue weighted by Gasteiger charge is -2.15. The Bertz CT molecular complexity index is 618. The summed E-state index contributed by atoms with van der Waals surface area (Å²) < 4.78 is 0. The van der Waals surface area contributed by atoms with E-state index in [1.807, 2.05) is 0 Å². The maximum Gasteiger partial charge on any atom is 0.278 e. The van der Waals surface area contributed by atoms with Crippen molar-refractivity contribution in [3.8, 4) is 0 Å². The highest BCUT2D eigenvalue weighted by Gasteiger charge is 2.30. The molecule has 1 N–H and O–H groups in total. The van der Waals surface area contributed by atoms with E-state index in [1.165, 1.54) is 11.0 Å². The number of hydrogen-bond acceptors (Lipinski definition) is 3. The van der Waals surface area contributed by atoms with Gasteiger partial charge in [0.2, 0.25) is 0 Å². The summed E-state index contributed by atoms with van der Waals surface area (Å²) >= 11 is 12.0. The number of benzene rings is 1. The zero-order valence-corrected chi connectivity index (χ0v) is 11.9. The highest BCUT2D eigenvalue weighted by molar-refractivity contribution is 6.38. The van der Waals surface area contributed by atoms with E-state index in [4.69, 9.17) is 23.2 Å². The molecule has 7 nitrogen and oxygen atoms in total. The van der Waals surface area contributed by atoms with Crippen molar-refractivity contribution in [2.24, 2.45) is 5.10 Å². The van der Waals surface area contributed by atoms with Crippen LogP contribution in [0.3, 0.4) is 0 Å². The average Bonchev–Trinajstić information content (AvgIpc) is 2.82. The van der Waals surface area contributed by atoms with Crippen molar-refractivity contribution in [1.29, 1.82) is 0 Å². The SMILES string of the molecule is Cc1c(Cl)ccc(C(=O)N2CCN/C2=N/[N+](=O)[O-])c1Cl. The molecule has 0 spiro atoms. The van der Waals surface area contributed by atoms with Gasteiger partial charge in [-0.3, -0.25) is 9.69 Å². The first kappa shape index (κ1) is 14.5. The van der Waals surface area contributed by atoms with Crippen molar-refractivity contribution in [1.82, 2.24) is 10.2 Å². The molecule has 1 aliphatic rings. The lowest BCUT2D eigenvalue weighted by molar-refractivity contribution is -0.485. The molecule has 1 aromatic carbocycles. The van der Waals surface area contributed by atoms with Crippen LogP contribution in [0.25, 0.3) is 0 Å². The molecule has 1 fully saturated rings. The van der Waals surface area contributed by atoms with Crippen LogP contribution in [-0.2, 0) is 0 Å². The van der Waals surface area contributed by atoms with Gasteiger partial charge in [0.15, 0.2) is 5.03 Å². The number of carbonyl (C=O) groups is 1. The lowest BCUT2D eigenvalue weighted by atomic mass is 10.1. The zero-order valence-electron chi connectivity index (χ0n) is 10.4. The molecule has 1 aromatic rings. The van der Waals surface area contributed by atoms with Crippen LogP contribution in [0.15, 0.2) is 17.2 Å². The fourth-order valence-electron chi connectivity index (χ4n) is 1.82. The van der Waals surface area contributed by atoms with Crippen LogP contribution in [0, 0.1) is 17.0 Å². The van der Waals surface area contributed by atoms with Gasteiger partial charge in [0.1, 0.15) is 5.10 Å². The van der Waals surface area contributed by atoms with E-state index >= 15 is 0 Å². The van der Waals surface area contributed by atoms with Crippen LogP contribution in [0.4, 0.5) is 0 Å². The van der Waals surface area contributed by atoms with Gasteiger partial charge in [-0.05, 0) is 24.6 Å². The number of nitro groups is 1. The molecular weight excluding hydrogens is 307 g/mol. The second-order valence-electron chi connectivity index (χ2n) is 4.08. The van der Waals surface area contributed by atoms with Gasteiger partial charge in [-0.25, -0.2) is 10.1 Å². The first-order valence-corrected chi connectivity index (χ1v) is 6.40. The van der Waals surface area contributed by atoms with E-state index in [-0.39, 0.29) is 23.1 Å². The molecule has 1 saturated heterocycles. The highest BCUT2D eigenvalue weighted by Crippen LogP contribution is 2.28. The molecule has 1 aliphatic heterocycles. The summed E-state index contributed by atoms with van der Waals surface area (Å²) in [7, 11) is 0.